The van der Waals surface area contributed by atoms with E-state index in [0.29, 0.717) is 0 Å². The third-order valence-electron chi connectivity index (χ3n) is 1.53. The summed E-state index contributed by atoms with van der Waals surface area (Å²) in [5, 5.41) is 6.04. The molecule has 11 heavy (non-hydrogen) atoms. The van der Waals surface area contributed by atoms with Crippen LogP contribution >= 0.6 is 0 Å². The highest BCUT2D eigenvalue weighted by Gasteiger charge is 1.93. The van der Waals surface area contributed by atoms with Crippen LogP contribution in [0.3, 0.4) is 0 Å². The van der Waals surface area contributed by atoms with Gasteiger partial charge in [-0.25, -0.2) is 0 Å². The molecule has 3 heteroatoms. The minimum absolute atomic E-state index is 0.765. The third-order valence-corrected chi connectivity index (χ3v) is 1.53. The lowest BCUT2D eigenvalue weighted by atomic mass is 10.2. The summed E-state index contributed by atoms with van der Waals surface area (Å²) in [5.41, 5.74) is 8.44. The lowest BCUT2D eigenvalue weighted by Gasteiger charge is -2.05. The fourth-order valence-corrected chi connectivity index (χ4v) is 0.940. The van der Waals surface area contributed by atoms with Crippen molar-refractivity contribution in [2.24, 2.45) is 0 Å². The number of anilines is 3. The lowest BCUT2D eigenvalue weighted by molar-refractivity contribution is 1.47. The Balaban J connectivity index is 3.02. The minimum atomic E-state index is 0.765. The van der Waals surface area contributed by atoms with Crippen molar-refractivity contribution in [1.82, 2.24) is 0 Å². The fraction of sp³-hybridized carbons (Fsp3) is 0.250. The van der Waals surface area contributed by atoms with E-state index < -0.39 is 0 Å². The average Bonchev–Trinajstić information content (AvgIpc) is 2.03. The molecular weight excluding hydrogens is 138 g/mol. The first kappa shape index (κ1) is 7.72. The van der Waals surface area contributed by atoms with E-state index in [4.69, 9.17) is 5.73 Å². The van der Waals surface area contributed by atoms with E-state index in [-0.39, 0.29) is 0 Å². The van der Waals surface area contributed by atoms with Crippen LogP contribution in [0.25, 0.3) is 0 Å². The van der Waals surface area contributed by atoms with Gasteiger partial charge in [0.1, 0.15) is 0 Å². The van der Waals surface area contributed by atoms with E-state index in [0.717, 1.165) is 17.1 Å². The van der Waals surface area contributed by atoms with Gasteiger partial charge in [0.05, 0.1) is 0 Å². The van der Waals surface area contributed by atoms with Gasteiger partial charge in [-0.3, -0.25) is 0 Å². The zero-order valence-corrected chi connectivity index (χ0v) is 6.81. The smallest absolute Gasteiger partial charge is 0.0378 e. The van der Waals surface area contributed by atoms with Crippen molar-refractivity contribution in [3.05, 3.63) is 18.2 Å². The second-order valence-corrected chi connectivity index (χ2v) is 2.34. The van der Waals surface area contributed by atoms with Gasteiger partial charge in [-0.05, 0) is 18.2 Å². The highest BCUT2D eigenvalue weighted by molar-refractivity contribution is 5.65. The van der Waals surface area contributed by atoms with E-state index in [1.54, 1.807) is 0 Å². The Hall–Kier alpha value is -1.38. The topological polar surface area (TPSA) is 50.1 Å². The van der Waals surface area contributed by atoms with Crippen molar-refractivity contribution in [2.75, 3.05) is 30.5 Å². The van der Waals surface area contributed by atoms with Gasteiger partial charge in [0.25, 0.3) is 0 Å². The molecule has 60 valence electrons. The third kappa shape index (κ3) is 1.77. The first-order valence-corrected chi connectivity index (χ1v) is 3.52. The number of benzene rings is 1. The molecule has 1 rings (SSSR count). The van der Waals surface area contributed by atoms with Crippen LogP contribution in [-0.4, -0.2) is 14.1 Å². The Morgan fingerprint density at radius 1 is 1.00 bits per heavy atom. The van der Waals surface area contributed by atoms with Crippen LogP contribution in [-0.2, 0) is 0 Å². The van der Waals surface area contributed by atoms with Gasteiger partial charge in [0, 0.05) is 31.2 Å². The van der Waals surface area contributed by atoms with Crippen LogP contribution in [0.5, 0.6) is 0 Å². The molecule has 0 unspecified atom stereocenters. The van der Waals surface area contributed by atoms with Crippen LogP contribution in [0.2, 0.25) is 0 Å². The van der Waals surface area contributed by atoms with Gasteiger partial charge < -0.3 is 16.4 Å². The van der Waals surface area contributed by atoms with Crippen molar-refractivity contribution >= 4 is 17.1 Å². The Bertz CT molecular complexity index is 223. The first-order chi connectivity index (χ1) is 5.26. The molecule has 0 atom stereocenters. The molecule has 0 aliphatic heterocycles. The van der Waals surface area contributed by atoms with Crippen molar-refractivity contribution < 1.29 is 0 Å². The highest BCUT2D eigenvalue weighted by Crippen LogP contribution is 2.19. The molecule has 0 aromatic heterocycles. The molecule has 1 aromatic carbocycles. The molecule has 0 saturated heterocycles. The quantitative estimate of drug-likeness (QED) is 0.559. The van der Waals surface area contributed by atoms with Crippen molar-refractivity contribution in [1.29, 1.82) is 0 Å². The molecule has 3 nitrogen and oxygen atoms in total. The van der Waals surface area contributed by atoms with Gasteiger partial charge in [-0.15, -0.1) is 0 Å². The summed E-state index contributed by atoms with van der Waals surface area (Å²) in [6.45, 7) is 0. The van der Waals surface area contributed by atoms with E-state index in [1.165, 1.54) is 0 Å². The maximum atomic E-state index is 5.63. The summed E-state index contributed by atoms with van der Waals surface area (Å²) < 4.78 is 0. The van der Waals surface area contributed by atoms with Crippen molar-refractivity contribution in [3.8, 4) is 0 Å². The normalized spacial score (nSPS) is 9.27. The van der Waals surface area contributed by atoms with Crippen molar-refractivity contribution in [3.63, 3.8) is 0 Å². The Morgan fingerprint density at radius 3 is 1.82 bits per heavy atom. The monoisotopic (exact) mass is 151 g/mol. The van der Waals surface area contributed by atoms with Crippen LogP contribution < -0.4 is 16.4 Å². The summed E-state index contributed by atoms with van der Waals surface area (Å²) in [5.74, 6) is 0. The second-order valence-electron chi connectivity index (χ2n) is 2.34. The van der Waals surface area contributed by atoms with E-state index >= 15 is 0 Å². The summed E-state index contributed by atoms with van der Waals surface area (Å²) >= 11 is 0. The van der Waals surface area contributed by atoms with Crippen LogP contribution in [0, 0.1) is 0 Å². The van der Waals surface area contributed by atoms with Gasteiger partial charge in [0.15, 0.2) is 0 Å². The number of nitrogens with two attached hydrogens (primary N) is 1. The highest BCUT2D eigenvalue weighted by atomic mass is 14.9. The molecule has 4 N–H and O–H groups in total. The first-order valence-electron chi connectivity index (χ1n) is 3.52. The number of nitrogens with one attached hydrogen (secondary N) is 2. The van der Waals surface area contributed by atoms with E-state index in [2.05, 4.69) is 10.6 Å². The van der Waals surface area contributed by atoms with Gasteiger partial charge in [0.2, 0.25) is 0 Å². The molecule has 0 aliphatic carbocycles. The molecule has 0 bridgehead atoms. The summed E-state index contributed by atoms with van der Waals surface area (Å²) in [6.07, 6.45) is 0. The second kappa shape index (κ2) is 3.14. The predicted octanol–water partition coefficient (Wildman–Crippen LogP) is 1.35. The summed E-state index contributed by atoms with van der Waals surface area (Å²) in [6, 6.07) is 5.78. The molecule has 0 radical (unpaired) electrons. The zero-order valence-electron chi connectivity index (χ0n) is 6.81. The van der Waals surface area contributed by atoms with Gasteiger partial charge in [-0.2, -0.15) is 0 Å². The predicted molar refractivity (Wildman–Crippen MR) is 49.9 cm³/mol. The fourth-order valence-electron chi connectivity index (χ4n) is 0.940. The zero-order chi connectivity index (χ0) is 8.27. The van der Waals surface area contributed by atoms with Crippen LogP contribution in [0.4, 0.5) is 17.1 Å². The van der Waals surface area contributed by atoms with Crippen LogP contribution in [0.15, 0.2) is 18.2 Å². The number of hydrogen-bond donors (Lipinski definition) is 3. The summed E-state index contributed by atoms with van der Waals surface area (Å²) in [7, 11) is 3.74. The lowest BCUT2D eigenvalue weighted by Crippen LogP contribution is -1.95. The number of hydrogen-bond acceptors (Lipinski definition) is 3. The molecule has 0 fully saturated rings. The molecular formula is C8H13N3. The van der Waals surface area contributed by atoms with Crippen molar-refractivity contribution in [2.45, 2.75) is 0 Å². The van der Waals surface area contributed by atoms with Gasteiger partial charge in [-0.1, -0.05) is 0 Å². The van der Waals surface area contributed by atoms with E-state index in [9.17, 15) is 0 Å². The van der Waals surface area contributed by atoms with E-state index in [1.807, 2.05) is 32.3 Å². The molecule has 0 amide bonds. The standard InChI is InChI=1S/C8H13N3/c1-10-7-3-6(9)4-8(5-7)11-2/h3-5,10-11H,9H2,1-2H3. The largest absolute Gasteiger partial charge is 0.399 e. The SMILES string of the molecule is CNc1cc(N)cc(NC)c1. The number of nitrogen functional groups attached to an aromatic ring is 1. The average molecular weight is 151 g/mol. The Labute approximate surface area is 66.6 Å². The molecule has 0 heterocycles. The minimum Gasteiger partial charge on any atom is -0.399 e. The maximum absolute atomic E-state index is 5.63. The maximum Gasteiger partial charge on any atom is 0.0378 e. The number of rotatable bonds is 2. The molecule has 0 spiro atoms. The molecule has 1 aromatic rings. The van der Waals surface area contributed by atoms with Crippen LogP contribution in [0.1, 0.15) is 0 Å². The Kier molecular flexibility index (Phi) is 2.21. The Morgan fingerprint density at radius 2 is 1.45 bits per heavy atom. The molecule has 0 saturated carbocycles. The van der Waals surface area contributed by atoms with Gasteiger partial charge >= 0.3 is 0 Å². The summed E-state index contributed by atoms with van der Waals surface area (Å²) in [4.78, 5) is 0. The molecule has 0 aliphatic rings.